The molecule has 0 saturated carbocycles. The normalized spacial score (nSPS) is 12.4. The molecule has 24 heavy (non-hydrogen) atoms. The molecule has 3 nitrogen and oxygen atoms in total. The Labute approximate surface area is 146 Å². The van der Waals surface area contributed by atoms with E-state index in [9.17, 15) is 4.57 Å². The van der Waals surface area contributed by atoms with E-state index in [2.05, 4.69) is 0 Å². The van der Waals surface area contributed by atoms with Crippen LogP contribution in [0.3, 0.4) is 0 Å². The molecule has 0 N–H and O–H groups in total. The van der Waals surface area contributed by atoms with Crippen molar-refractivity contribution in [2.24, 2.45) is 0 Å². The van der Waals surface area contributed by atoms with Gasteiger partial charge in [-0.1, -0.05) is 66.7 Å². The third-order valence-corrected chi connectivity index (χ3v) is 6.06. The zero-order valence-corrected chi connectivity index (χ0v) is 14.4. The Morgan fingerprint density at radius 2 is 1.04 bits per heavy atom. The molecular weight excluding hydrogens is 343 g/mol. The summed E-state index contributed by atoms with van der Waals surface area (Å²) in [6.45, 7) is 0. The number of benzene rings is 3. The molecule has 0 fully saturated rings. The molecule has 0 heterocycles. The smallest absolute Gasteiger partial charge is 0.415 e. The summed E-state index contributed by atoms with van der Waals surface area (Å²) in [5.41, 5.74) is 0.675. The lowest BCUT2D eigenvalue weighted by molar-refractivity contribution is 0.383. The highest BCUT2D eigenvalue weighted by Gasteiger charge is 2.39. The second kappa shape index (κ2) is 7.57. The van der Waals surface area contributed by atoms with E-state index in [4.69, 9.17) is 20.6 Å². The van der Waals surface area contributed by atoms with E-state index in [1.807, 2.05) is 30.3 Å². The van der Waals surface area contributed by atoms with Crippen molar-refractivity contribution in [2.75, 3.05) is 0 Å². The number of rotatable bonds is 6. The Morgan fingerprint density at radius 1 is 0.667 bits per heavy atom. The van der Waals surface area contributed by atoms with Crippen molar-refractivity contribution < 1.29 is 13.6 Å². The molecule has 3 aromatic carbocycles. The number of hydrogen-bond acceptors (Lipinski definition) is 3. The first-order valence-electron chi connectivity index (χ1n) is 7.45. The monoisotopic (exact) mass is 358 g/mol. The van der Waals surface area contributed by atoms with Crippen LogP contribution in [-0.4, -0.2) is 0 Å². The van der Waals surface area contributed by atoms with Gasteiger partial charge in [0.2, 0.25) is 0 Å². The second-order valence-corrected chi connectivity index (χ2v) is 7.80. The van der Waals surface area contributed by atoms with E-state index in [1.165, 1.54) is 0 Å². The molecule has 0 aliphatic carbocycles. The van der Waals surface area contributed by atoms with E-state index in [-0.39, 0.29) is 0 Å². The maximum atomic E-state index is 13.5. The maximum absolute atomic E-state index is 13.5. The van der Waals surface area contributed by atoms with Crippen LogP contribution in [0, 0.1) is 0 Å². The summed E-state index contributed by atoms with van der Waals surface area (Å²) in [5, 5.41) is -0.931. The molecule has 0 aromatic heterocycles. The van der Waals surface area contributed by atoms with Crippen LogP contribution in [-0.2, 0) is 4.57 Å². The molecule has 0 amide bonds. The molecule has 0 unspecified atom stereocenters. The molecule has 0 bridgehead atoms. The van der Waals surface area contributed by atoms with Gasteiger partial charge >= 0.3 is 7.60 Å². The minimum absolute atomic E-state index is 0.443. The van der Waals surface area contributed by atoms with Gasteiger partial charge in [0.1, 0.15) is 11.5 Å². The van der Waals surface area contributed by atoms with Gasteiger partial charge in [-0.3, -0.25) is 0 Å². The van der Waals surface area contributed by atoms with Crippen LogP contribution < -0.4 is 9.05 Å². The summed E-state index contributed by atoms with van der Waals surface area (Å²) in [5.74, 6) is 0.886. The summed E-state index contributed by atoms with van der Waals surface area (Å²) in [4.78, 5) is 0. The van der Waals surface area contributed by atoms with Gasteiger partial charge in [0, 0.05) is 0 Å². The number of para-hydroxylation sites is 2. The first kappa shape index (κ1) is 16.6. The fraction of sp³-hybridized carbons (Fsp3) is 0.0526. The van der Waals surface area contributed by atoms with E-state index < -0.39 is 12.7 Å². The van der Waals surface area contributed by atoms with Gasteiger partial charge in [0.15, 0.2) is 5.12 Å². The molecule has 0 aliphatic heterocycles. The fourth-order valence-electron chi connectivity index (χ4n) is 2.16. The van der Waals surface area contributed by atoms with Crippen LogP contribution in [0.2, 0.25) is 0 Å². The van der Waals surface area contributed by atoms with E-state index in [1.54, 1.807) is 60.7 Å². The summed E-state index contributed by atoms with van der Waals surface area (Å²) >= 11 is 6.50. The molecule has 1 atom stereocenters. The van der Waals surface area contributed by atoms with Crippen LogP contribution in [0.4, 0.5) is 0 Å². The zero-order valence-electron chi connectivity index (χ0n) is 12.8. The quantitative estimate of drug-likeness (QED) is 0.384. The molecule has 0 radical (unpaired) electrons. The summed E-state index contributed by atoms with van der Waals surface area (Å²) in [6, 6.07) is 26.9. The highest BCUT2D eigenvalue weighted by molar-refractivity contribution is 7.56. The van der Waals surface area contributed by atoms with Crippen LogP contribution in [0.1, 0.15) is 10.7 Å². The van der Waals surface area contributed by atoms with Crippen molar-refractivity contribution >= 4 is 19.2 Å². The predicted octanol–water partition coefficient (Wildman–Crippen LogP) is 6.28. The molecular formula is C19H16ClO3P. The fourth-order valence-corrected chi connectivity index (χ4v) is 4.14. The molecule has 0 spiro atoms. The minimum atomic E-state index is -3.71. The lowest BCUT2D eigenvalue weighted by Crippen LogP contribution is -2.07. The molecule has 5 heteroatoms. The maximum Gasteiger partial charge on any atom is 0.452 e. The molecule has 0 aliphatic rings. The minimum Gasteiger partial charge on any atom is -0.415 e. The van der Waals surface area contributed by atoms with Gasteiger partial charge in [-0.2, -0.15) is 0 Å². The largest absolute Gasteiger partial charge is 0.452 e. The molecule has 3 aromatic rings. The van der Waals surface area contributed by atoms with Crippen molar-refractivity contribution in [1.82, 2.24) is 0 Å². The number of alkyl halides is 1. The number of hydrogen-bond donors (Lipinski definition) is 0. The Kier molecular flexibility index (Phi) is 5.24. The van der Waals surface area contributed by atoms with Crippen molar-refractivity contribution in [3.8, 4) is 11.5 Å². The van der Waals surface area contributed by atoms with Crippen molar-refractivity contribution in [2.45, 2.75) is 5.12 Å². The SMILES string of the molecule is O=P(Oc1ccccc1)(Oc1ccccc1)[C@@H](Cl)c1ccccc1. The van der Waals surface area contributed by atoms with Gasteiger partial charge in [-0.15, -0.1) is 11.6 Å². The average Bonchev–Trinajstić information content (AvgIpc) is 2.63. The predicted molar refractivity (Wildman–Crippen MR) is 96.8 cm³/mol. The van der Waals surface area contributed by atoms with Gasteiger partial charge < -0.3 is 9.05 Å². The van der Waals surface area contributed by atoms with Crippen LogP contribution in [0.5, 0.6) is 11.5 Å². The van der Waals surface area contributed by atoms with Gasteiger partial charge in [-0.25, -0.2) is 4.57 Å². The van der Waals surface area contributed by atoms with Crippen molar-refractivity contribution in [1.29, 1.82) is 0 Å². The highest BCUT2D eigenvalue weighted by Crippen LogP contribution is 2.62. The van der Waals surface area contributed by atoms with Crippen molar-refractivity contribution in [3.63, 3.8) is 0 Å². The second-order valence-electron chi connectivity index (χ2n) is 5.09. The highest BCUT2D eigenvalue weighted by atomic mass is 35.5. The van der Waals surface area contributed by atoms with Crippen LogP contribution >= 0.6 is 19.2 Å². The Balaban J connectivity index is 1.95. The Hall–Kier alpha value is -2.22. The third kappa shape index (κ3) is 4.00. The van der Waals surface area contributed by atoms with Crippen LogP contribution in [0.25, 0.3) is 0 Å². The van der Waals surface area contributed by atoms with Gasteiger partial charge in [0.05, 0.1) is 0 Å². The average molecular weight is 359 g/mol. The topological polar surface area (TPSA) is 35.5 Å². The third-order valence-electron chi connectivity index (χ3n) is 3.30. The summed E-state index contributed by atoms with van der Waals surface area (Å²) in [6.07, 6.45) is 0. The van der Waals surface area contributed by atoms with Gasteiger partial charge in [-0.05, 0) is 29.8 Å². The summed E-state index contributed by atoms with van der Waals surface area (Å²) < 4.78 is 24.9. The first-order chi connectivity index (χ1) is 11.7. The van der Waals surface area contributed by atoms with E-state index in [0.29, 0.717) is 17.1 Å². The lowest BCUT2D eigenvalue weighted by Gasteiger charge is -2.24. The van der Waals surface area contributed by atoms with Gasteiger partial charge in [0.25, 0.3) is 0 Å². The van der Waals surface area contributed by atoms with E-state index >= 15 is 0 Å². The standard InChI is InChI=1S/C19H16ClO3P/c20-19(16-10-4-1-5-11-16)24(21,22-17-12-6-2-7-13-17)23-18-14-8-3-9-15-18/h1-15,19H/t19-/m1/s1. The van der Waals surface area contributed by atoms with Crippen LogP contribution in [0.15, 0.2) is 91.0 Å². The Morgan fingerprint density at radius 3 is 1.46 bits per heavy atom. The first-order valence-corrected chi connectivity index (χ1v) is 9.50. The molecule has 0 saturated heterocycles. The zero-order chi connectivity index (χ0) is 16.8. The number of halogens is 1. The molecule has 3 rings (SSSR count). The van der Waals surface area contributed by atoms with E-state index in [0.717, 1.165) is 0 Å². The lowest BCUT2D eigenvalue weighted by atomic mass is 10.2. The van der Waals surface area contributed by atoms with Crippen molar-refractivity contribution in [3.05, 3.63) is 96.6 Å². The molecule has 122 valence electrons. The Bertz CT molecular complexity index is 764. The summed E-state index contributed by atoms with van der Waals surface area (Å²) in [7, 11) is -3.71.